The molecule has 0 aliphatic rings. The summed E-state index contributed by atoms with van der Waals surface area (Å²) in [6.45, 7) is 0. The Morgan fingerprint density at radius 1 is 1.22 bits per heavy atom. The Labute approximate surface area is 113 Å². The maximum atomic E-state index is 12.0. The fraction of sp³-hybridized carbons (Fsp3) is 0. The average Bonchev–Trinajstić information content (AvgIpc) is 2.32. The molecule has 2 aromatic carbocycles. The Morgan fingerprint density at radius 3 is 2.67 bits per heavy atom. The highest BCUT2D eigenvalue weighted by atomic mass is 79.9. The van der Waals surface area contributed by atoms with E-state index in [1.165, 1.54) is 12.1 Å². The molecule has 0 aliphatic heterocycles. The molecule has 0 fully saturated rings. The zero-order valence-electron chi connectivity index (χ0n) is 9.35. The first-order valence-electron chi connectivity index (χ1n) is 5.21. The predicted octanol–water partition coefficient (Wildman–Crippen LogP) is 2.99. The number of halogens is 1. The normalized spacial score (nSPS) is 10.1. The monoisotopic (exact) mass is 306 g/mol. The van der Waals surface area contributed by atoms with Crippen LogP contribution in [-0.2, 0) is 0 Å². The van der Waals surface area contributed by atoms with Crippen LogP contribution in [0.5, 0.6) is 5.75 Å². The van der Waals surface area contributed by atoms with Crippen LogP contribution in [0, 0.1) is 0 Å². The first-order chi connectivity index (χ1) is 8.56. The number of carbonyl (C=O) groups excluding carboxylic acids is 1. The molecular weight excluding hydrogens is 296 g/mol. The Balaban J connectivity index is 2.21. The highest BCUT2D eigenvalue weighted by molar-refractivity contribution is 9.10. The third-order valence-corrected chi connectivity index (χ3v) is 2.86. The van der Waals surface area contributed by atoms with Gasteiger partial charge in [-0.25, -0.2) is 0 Å². The van der Waals surface area contributed by atoms with Crippen LogP contribution in [0.1, 0.15) is 10.4 Å². The number of hydrogen-bond acceptors (Lipinski definition) is 3. The highest BCUT2D eigenvalue weighted by Gasteiger charge is 2.08. The van der Waals surface area contributed by atoms with E-state index in [1.54, 1.807) is 24.3 Å². The number of aromatic hydroxyl groups is 1. The first-order valence-corrected chi connectivity index (χ1v) is 6.01. The Kier molecular flexibility index (Phi) is 3.53. The second-order valence-electron chi connectivity index (χ2n) is 3.74. The van der Waals surface area contributed by atoms with Crippen molar-refractivity contribution in [2.45, 2.75) is 0 Å². The van der Waals surface area contributed by atoms with E-state index in [0.29, 0.717) is 16.9 Å². The summed E-state index contributed by atoms with van der Waals surface area (Å²) in [7, 11) is 0. The second-order valence-corrected chi connectivity index (χ2v) is 4.65. The lowest BCUT2D eigenvalue weighted by atomic mass is 10.2. The molecule has 0 saturated heterocycles. The van der Waals surface area contributed by atoms with Crippen LogP contribution in [0.2, 0.25) is 0 Å². The van der Waals surface area contributed by atoms with E-state index >= 15 is 0 Å². The molecule has 92 valence electrons. The summed E-state index contributed by atoms with van der Waals surface area (Å²) in [4.78, 5) is 12.0. The summed E-state index contributed by atoms with van der Waals surface area (Å²) in [5.74, 6) is -0.193. The van der Waals surface area contributed by atoms with Crippen LogP contribution in [0.15, 0.2) is 46.9 Å². The third kappa shape index (κ3) is 2.81. The Hall–Kier alpha value is -2.01. The summed E-state index contributed by atoms with van der Waals surface area (Å²) in [5.41, 5.74) is 7.01. The molecule has 5 heteroatoms. The number of phenolic OH excluding ortho intramolecular Hbond substituents is 1. The lowest BCUT2D eigenvalue weighted by Crippen LogP contribution is -2.13. The molecule has 0 heterocycles. The Bertz CT molecular complexity index is 599. The number of benzene rings is 2. The summed E-state index contributed by atoms with van der Waals surface area (Å²) in [6, 6.07) is 11.4. The van der Waals surface area contributed by atoms with Gasteiger partial charge in [-0.1, -0.05) is 22.0 Å². The van der Waals surface area contributed by atoms with E-state index in [2.05, 4.69) is 21.2 Å². The topological polar surface area (TPSA) is 75.3 Å². The van der Waals surface area contributed by atoms with Crippen LogP contribution in [0.4, 0.5) is 11.4 Å². The zero-order chi connectivity index (χ0) is 13.1. The smallest absolute Gasteiger partial charge is 0.255 e. The number of nitrogens with two attached hydrogens (primary N) is 1. The molecule has 0 aliphatic carbocycles. The van der Waals surface area contributed by atoms with Gasteiger partial charge in [-0.3, -0.25) is 4.79 Å². The minimum Gasteiger partial charge on any atom is -0.508 e. The Morgan fingerprint density at radius 2 is 2.00 bits per heavy atom. The third-order valence-electron chi connectivity index (χ3n) is 2.37. The lowest BCUT2D eigenvalue weighted by Gasteiger charge is -2.08. The summed E-state index contributed by atoms with van der Waals surface area (Å²) in [5, 5.41) is 11.9. The van der Waals surface area contributed by atoms with Crippen molar-refractivity contribution in [3.8, 4) is 5.75 Å². The van der Waals surface area contributed by atoms with Gasteiger partial charge in [-0.2, -0.15) is 0 Å². The van der Waals surface area contributed by atoms with Crippen LogP contribution in [0.3, 0.4) is 0 Å². The van der Waals surface area contributed by atoms with Gasteiger partial charge < -0.3 is 16.2 Å². The maximum absolute atomic E-state index is 12.0. The second kappa shape index (κ2) is 5.10. The summed E-state index contributed by atoms with van der Waals surface area (Å²) >= 11 is 3.30. The van der Waals surface area contributed by atoms with E-state index in [1.807, 2.05) is 6.07 Å². The van der Waals surface area contributed by atoms with Crippen molar-refractivity contribution in [3.63, 3.8) is 0 Å². The number of rotatable bonds is 2. The van der Waals surface area contributed by atoms with E-state index in [9.17, 15) is 9.90 Å². The van der Waals surface area contributed by atoms with Crippen molar-refractivity contribution in [1.29, 1.82) is 0 Å². The van der Waals surface area contributed by atoms with Gasteiger partial charge in [-0.05, 0) is 30.3 Å². The minimum atomic E-state index is -0.256. The van der Waals surface area contributed by atoms with E-state index in [0.717, 1.165) is 4.47 Å². The average molecular weight is 307 g/mol. The van der Waals surface area contributed by atoms with Gasteiger partial charge in [0.05, 0.1) is 11.4 Å². The molecule has 18 heavy (non-hydrogen) atoms. The van der Waals surface area contributed by atoms with Crippen LogP contribution in [0.25, 0.3) is 0 Å². The van der Waals surface area contributed by atoms with Crippen molar-refractivity contribution >= 4 is 33.2 Å². The predicted molar refractivity (Wildman–Crippen MR) is 74.6 cm³/mol. The van der Waals surface area contributed by atoms with E-state index in [4.69, 9.17) is 5.73 Å². The van der Waals surface area contributed by atoms with Crippen molar-refractivity contribution in [2.24, 2.45) is 0 Å². The van der Waals surface area contributed by atoms with E-state index in [-0.39, 0.29) is 11.7 Å². The molecule has 0 saturated carbocycles. The molecule has 0 atom stereocenters. The van der Waals surface area contributed by atoms with Gasteiger partial charge in [0, 0.05) is 16.1 Å². The molecule has 4 nitrogen and oxygen atoms in total. The van der Waals surface area contributed by atoms with Gasteiger partial charge in [0.15, 0.2) is 0 Å². The molecule has 0 unspecified atom stereocenters. The fourth-order valence-electron chi connectivity index (χ4n) is 1.49. The first kappa shape index (κ1) is 12.4. The molecule has 4 N–H and O–H groups in total. The van der Waals surface area contributed by atoms with Gasteiger partial charge in [0.1, 0.15) is 5.75 Å². The molecule has 0 spiro atoms. The lowest BCUT2D eigenvalue weighted by molar-refractivity contribution is 0.102. The molecule has 0 bridgehead atoms. The molecule has 1 amide bonds. The summed E-state index contributed by atoms with van der Waals surface area (Å²) in [6.07, 6.45) is 0. The molecule has 0 aromatic heterocycles. The fourth-order valence-corrected chi connectivity index (χ4v) is 1.89. The van der Waals surface area contributed by atoms with Gasteiger partial charge in [-0.15, -0.1) is 0 Å². The summed E-state index contributed by atoms with van der Waals surface area (Å²) < 4.78 is 0.828. The number of phenols is 1. The van der Waals surface area contributed by atoms with Crippen molar-refractivity contribution in [3.05, 3.63) is 52.5 Å². The number of nitrogen functional groups attached to an aromatic ring is 1. The highest BCUT2D eigenvalue weighted by Crippen LogP contribution is 2.24. The number of anilines is 2. The standard InChI is InChI=1S/C13H11BrN2O2/c14-9-3-1-2-8(6-9)13(18)16-12-5-4-10(17)7-11(12)15/h1-7,17H,15H2,(H,16,18). The van der Waals surface area contributed by atoms with Gasteiger partial charge >= 0.3 is 0 Å². The SMILES string of the molecule is Nc1cc(O)ccc1NC(=O)c1cccc(Br)c1. The molecule has 0 radical (unpaired) electrons. The number of amides is 1. The molecule has 2 aromatic rings. The molecule has 2 rings (SSSR count). The van der Waals surface area contributed by atoms with E-state index < -0.39 is 0 Å². The number of nitrogens with one attached hydrogen (secondary N) is 1. The quantitative estimate of drug-likeness (QED) is 0.590. The van der Waals surface area contributed by atoms with Crippen LogP contribution >= 0.6 is 15.9 Å². The largest absolute Gasteiger partial charge is 0.508 e. The maximum Gasteiger partial charge on any atom is 0.255 e. The molecular formula is C13H11BrN2O2. The van der Waals surface area contributed by atoms with Crippen LogP contribution < -0.4 is 11.1 Å². The number of carbonyl (C=O) groups is 1. The van der Waals surface area contributed by atoms with Crippen molar-refractivity contribution in [2.75, 3.05) is 11.1 Å². The van der Waals surface area contributed by atoms with Gasteiger partial charge in [0.2, 0.25) is 0 Å². The van der Waals surface area contributed by atoms with Gasteiger partial charge in [0.25, 0.3) is 5.91 Å². The zero-order valence-corrected chi connectivity index (χ0v) is 10.9. The minimum absolute atomic E-state index is 0.0629. The number of hydrogen-bond donors (Lipinski definition) is 3. The van der Waals surface area contributed by atoms with Crippen molar-refractivity contribution in [1.82, 2.24) is 0 Å². The van der Waals surface area contributed by atoms with Crippen molar-refractivity contribution < 1.29 is 9.90 Å². The van der Waals surface area contributed by atoms with Crippen LogP contribution in [-0.4, -0.2) is 11.0 Å².